The van der Waals surface area contributed by atoms with Gasteiger partial charge in [0.2, 0.25) is 11.8 Å². The molecule has 128 valence electrons. The summed E-state index contributed by atoms with van der Waals surface area (Å²) >= 11 is 5.83. The predicted octanol–water partition coefficient (Wildman–Crippen LogP) is 1.91. The summed E-state index contributed by atoms with van der Waals surface area (Å²) in [5.74, 6) is -0.638. The maximum absolute atomic E-state index is 12.9. The van der Waals surface area contributed by atoms with E-state index in [1.54, 1.807) is 0 Å². The second kappa shape index (κ2) is 8.30. The summed E-state index contributed by atoms with van der Waals surface area (Å²) < 4.78 is 23.4. The van der Waals surface area contributed by atoms with Gasteiger partial charge in [0, 0.05) is 20.0 Å². The average Bonchev–Trinajstić information content (AvgIpc) is 2.99. The Kier molecular flexibility index (Phi) is 6.14. The molecule has 7 nitrogen and oxygen atoms in total. The third-order valence-electron chi connectivity index (χ3n) is 2.81. The summed E-state index contributed by atoms with van der Waals surface area (Å²) in [4.78, 5) is 26.5. The SMILES string of the molecule is CC(=O)NCCNC(=O)c1coc(COc2ccc(F)cc2Cl)n1. The van der Waals surface area contributed by atoms with Gasteiger partial charge in [0.1, 0.15) is 17.8 Å². The quantitative estimate of drug-likeness (QED) is 0.740. The van der Waals surface area contributed by atoms with Crippen molar-refractivity contribution in [3.8, 4) is 5.75 Å². The molecule has 1 aromatic heterocycles. The first kappa shape index (κ1) is 17.7. The lowest BCUT2D eigenvalue weighted by Crippen LogP contribution is -2.33. The normalized spacial score (nSPS) is 10.3. The number of nitrogens with zero attached hydrogens (tertiary/aromatic N) is 1. The fourth-order valence-corrected chi connectivity index (χ4v) is 1.94. The van der Waals surface area contributed by atoms with Crippen LogP contribution in [0.1, 0.15) is 23.3 Å². The number of amides is 2. The Morgan fingerprint density at radius 1 is 1.33 bits per heavy atom. The zero-order valence-electron chi connectivity index (χ0n) is 12.8. The molecule has 2 N–H and O–H groups in total. The molecule has 0 saturated heterocycles. The highest BCUT2D eigenvalue weighted by atomic mass is 35.5. The van der Waals surface area contributed by atoms with Crippen LogP contribution in [0.5, 0.6) is 5.75 Å². The third-order valence-corrected chi connectivity index (χ3v) is 3.11. The molecule has 0 radical (unpaired) electrons. The summed E-state index contributed by atoms with van der Waals surface area (Å²) in [6.07, 6.45) is 1.19. The number of hydrogen-bond donors (Lipinski definition) is 2. The zero-order chi connectivity index (χ0) is 17.5. The van der Waals surface area contributed by atoms with Gasteiger partial charge in [-0.15, -0.1) is 0 Å². The molecule has 9 heteroatoms. The van der Waals surface area contributed by atoms with Crippen LogP contribution in [0, 0.1) is 5.82 Å². The maximum atomic E-state index is 12.9. The van der Waals surface area contributed by atoms with Crippen molar-refractivity contribution >= 4 is 23.4 Å². The van der Waals surface area contributed by atoms with Gasteiger partial charge in [-0.1, -0.05) is 11.6 Å². The van der Waals surface area contributed by atoms with Crippen LogP contribution in [0.3, 0.4) is 0 Å². The van der Waals surface area contributed by atoms with Crippen molar-refractivity contribution in [2.45, 2.75) is 13.5 Å². The summed E-state index contributed by atoms with van der Waals surface area (Å²) in [5.41, 5.74) is 0.0848. The lowest BCUT2D eigenvalue weighted by molar-refractivity contribution is -0.118. The van der Waals surface area contributed by atoms with Crippen LogP contribution in [-0.4, -0.2) is 29.9 Å². The van der Waals surface area contributed by atoms with Gasteiger partial charge in [0.15, 0.2) is 12.3 Å². The third kappa shape index (κ3) is 5.24. The van der Waals surface area contributed by atoms with E-state index in [2.05, 4.69) is 15.6 Å². The van der Waals surface area contributed by atoms with Gasteiger partial charge in [-0.25, -0.2) is 9.37 Å². The van der Waals surface area contributed by atoms with Crippen LogP contribution >= 0.6 is 11.6 Å². The molecule has 0 bridgehead atoms. The van der Waals surface area contributed by atoms with E-state index in [4.69, 9.17) is 20.8 Å². The highest BCUT2D eigenvalue weighted by Gasteiger charge is 2.13. The lowest BCUT2D eigenvalue weighted by Gasteiger charge is -2.05. The van der Waals surface area contributed by atoms with Crippen molar-refractivity contribution < 1.29 is 23.1 Å². The van der Waals surface area contributed by atoms with E-state index in [-0.39, 0.29) is 41.4 Å². The molecule has 2 aromatic rings. The summed E-state index contributed by atoms with van der Waals surface area (Å²) in [7, 11) is 0. The van der Waals surface area contributed by atoms with Crippen molar-refractivity contribution in [2.24, 2.45) is 0 Å². The Balaban J connectivity index is 1.84. The topological polar surface area (TPSA) is 93.5 Å². The van der Waals surface area contributed by atoms with Crippen molar-refractivity contribution in [1.29, 1.82) is 0 Å². The monoisotopic (exact) mass is 355 g/mol. The van der Waals surface area contributed by atoms with E-state index in [1.807, 2.05) is 0 Å². The first-order valence-electron chi connectivity index (χ1n) is 7.00. The molecule has 0 aliphatic heterocycles. The molecular formula is C15H15ClFN3O4. The van der Waals surface area contributed by atoms with Crippen molar-refractivity contribution in [3.05, 3.63) is 46.9 Å². The van der Waals surface area contributed by atoms with E-state index in [1.165, 1.54) is 25.3 Å². The lowest BCUT2D eigenvalue weighted by atomic mass is 10.3. The number of nitrogens with one attached hydrogen (secondary N) is 2. The molecule has 2 rings (SSSR count). The van der Waals surface area contributed by atoms with E-state index in [9.17, 15) is 14.0 Å². The number of ether oxygens (including phenoxy) is 1. The molecular weight excluding hydrogens is 341 g/mol. The summed E-state index contributed by atoms with van der Waals surface area (Å²) in [6.45, 7) is 1.91. The minimum absolute atomic E-state index is 0.0650. The Labute approximate surface area is 142 Å². The van der Waals surface area contributed by atoms with Gasteiger partial charge in [-0.05, 0) is 18.2 Å². The summed E-state index contributed by atoms with van der Waals surface area (Å²) in [6, 6.07) is 3.72. The van der Waals surface area contributed by atoms with Gasteiger partial charge in [-0.2, -0.15) is 0 Å². The van der Waals surface area contributed by atoms with Crippen LogP contribution in [0.4, 0.5) is 4.39 Å². The maximum Gasteiger partial charge on any atom is 0.273 e. The number of oxazole rings is 1. The molecule has 0 saturated carbocycles. The molecule has 0 aliphatic carbocycles. The minimum atomic E-state index is -0.471. The van der Waals surface area contributed by atoms with Crippen molar-refractivity contribution in [1.82, 2.24) is 15.6 Å². The Hall–Kier alpha value is -2.61. The number of benzene rings is 1. The number of hydrogen-bond acceptors (Lipinski definition) is 5. The smallest absolute Gasteiger partial charge is 0.273 e. The van der Waals surface area contributed by atoms with Crippen LogP contribution in [0.15, 0.2) is 28.9 Å². The molecule has 1 heterocycles. The first-order valence-corrected chi connectivity index (χ1v) is 7.38. The molecule has 0 atom stereocenters. The minimum Gasteiger partial charge on any atom is -0.482 e. The van der Waals surface area contributed by atoms with Gasteiger partial charge in [0.25, 0.3) is 5.91 Å². The van der Waals surface area contributed by atoms with E-state index in [0.717, 1.165) is 6.07 Å². The highest BCUT2D eigenvalue weighted by molar-refractivity contribution is 6.32. The van der Waals surface area contributed by atoms with E-state index in [0.29, 0.717) is 6.54 Å². The zero-order valence-corrected chi connectivity index (χ0v) is 13.5. The molecule has 0 spiro atoms. The fourth-order valence-electron chi connectivity index (χ4n) is 1.72. The summed E-state index contributed by atoms with van der Waals surface area (Å²) in [5, 5.41) is 5.25. The van der Waals surface area contributed by atoms with E-state index < -0.39 is 11.7 Å². The number of rotatable bonds is 7. The molecule has 2 amide bonds. The van der Waals surface area contributed by atoms with Gasteiger partial charge >= 0.3 is 0 Å². The van der Waals surface area contributed by atoms with Crippen LogP contribution in [0.2, 0.25) is 5.02 Å². The number of aromatic nitrogens is 1. The molecule has 0 unspecified atom stereocenters. The fraction of sp³-hybridized carbons (Fsp3) is 0.267. The highest BCUT2D eigenvalue weighted by Crippen LogP contribution is 2.25. The molecule has 24 heavy (non-hydrogen) atoms. The Morgan fingerprint density at radius 2 is 2.08 bits per heavy atom. The van der Waals surface area contributed by atoms with Crippen molar-refractivity contribution in [3.63, 3.8) is 0 Å². The molecule has 0 aliphatic rings. The Morgan fingerprint density at radius 3 is 2.79 bits per heavy atom. The second-order valence-corrected chi connectivity index (χ2v) is 5.14. The number of carbonyl (C=O) groups excluding carboxylic acids is 2. The van der Waals surface area contributed by atoms with Crippen molar-refractivity contribution in [2.75, 3.05) is 13.1 Å². The van der Waals surface area contributed by atoms with Crippen LogP contribution in [0.25, 0.3) is 0 Å². The average molecular weight is 356 g/mol. The predicted molar refractivity (Wildman–Crippen MR) is 83.3 cm³/mol. The Bertz CT molecular complexity index is 735. The molecule has 0 fully saturated rings. The van der Waals surface area contributed by atoms with Crippen LogP contribution < -0.4 is 15.4 Å². The van der Waals surface area contributed by atoms with Gasteiger partial charge < -0.3 is 19.8 Å². The van der Waals surface area contributed by atoms with E-state index >= 15 is 0 Å². The number of halogens is 2. The van der Waals surface area contributed by atoms with Crippen LogP contribution in [-0.2, 0) is 11.4 Å². The second-order valence-electron chi connectivity index (χ2n) is 4.73. The molecule has 1 aromatic carbocycles. The largest absolute Gasteiger partial charge is 0.482 e. The number of carbonyl (C=O) groups is 2. The standard InChI is InChI=1S/C15H15ClFN3O4/c1-9(21)18-4-5-19-15(22)12-7-24-14(20-12)8-23-13-3-2-10(17)6-11(13)16/h2-3,6-7H,4-5,8H2,1H3,(H,18,21)(H,19,22). The van der Waals surface area contributed by atoms with Gasteiger partial charge in [0.05, 0.1) is 5.02 Å². The first-order chi connectivity index (χ1) is 11.5. The van der Waals surface area contributed by atoms with Gasteiger partial charge in [-0.3, -0.25) is 9.59 Å².